The van der Waals surface area contributed by atoms with Crippen LogP contribution in [-0.2, 0) is 44.8 Å². The van der Waals surface area contributed by atoms with Crippen LogP contribution in [0.2, 0.25) is 0 Å². The summed E-state index contributed by atoms with van der Waals surface area (Å²) in [5, 5.41) is 32.5. The fraction of sp³-hybridized carbons (Fsp3) is 0.705. The van der Waals surface area contributed by atoms with Gasteiger partial charge in [-0.15, -0.1) is 0 Å². The van der Waals surface area contributed by atoms with Crippen LogP contribution in [0, 0.1) is 29.6 Å². The Bertz CT molecular complexity index is 1830. The zero-order chi connectivity index (χ0) is 44.1. The number of carbonyl (C=O) groups excluding carboxylic acids is 3. The minimum absolute atomic E-state index is 0.0674. The van der Waals surface area contributed by atoms with Crippen molar-refractivity contribution in [3.05, 3.63) is 36.2 Å². The third-order valence-electron chi connectivity index (χ3n) is 12.7. The maximum absolute atomic E-state index is 14.5. The Morgan fingerprint density at radius 1 is 1.08 bits per heavy atom. The summed E-state index contributed by atoms with van der Waals surface area (Å²) in [4.78, 5) is 58.2. The van der Waals surface area contributed by atoms with Crippen molar-refractivity contribution in [1.29, 1.82) is 0 Å². The van der Waals surface area contributed by atoms with Crippen molar-refractivity contribution in [3.8, 4) is 11.5 Å². The smallest absolute Gasteiger partial charge is 0.316 e. The molecular formula is C44H65N5O11. The molecule has 3 fully saturated rings. The van der Waals surface area contributed by atoms with E-state index >= 15 is 0 Å². The molecule has 3 saturated heterocycles. The van der Waals surface area contributed by atoms with Gasteiger partial charge in [0.25, 0.3) is 0 Å². The average molecular weight is 840 g/mol. The molecule has 0 radical (unpaired) electrons. The molecule has 5 rings (SSSR count). The van der Waals surface area contributed by atoms with E-state index in [1.807, 2.05) is 59.7 Å². The van der Waals surface area contributed by atoms with Crippen LogP contribution >= 0.6 is 0 Å². The van der Waals surface area contributed by atoms with Crippen molar-refractivity contribution in [2.75, 3.05) is 20.7 Å². The molecule has 13 atom stereocenters. The van der Waals surface area contributed by atoms with Gasteiger partial charge in [-0.25, -0.2) is 4.99 Å². The molecule has 0 spiro atoms. The van der Waals surface area contributed by atoms with E-state index < -0.39 is 83.1 Å². The molecule has 1 amide bonds. The number of aromatic nitrogens is 2. The number of rotatable bonds is 8. The maximum atomic E-state index is 14.5. The summed E-state index contributed by atoms with van der Waals surface area (Å²) in [7, 11) is 3.75. The fourth-order valence-corrected chi connectivity index (χ4v) is 9.33. The first-order valence-corrected chi connectivity index (χ1v) is 21.2. The Kier molecular flexibility index (Phi) is 15.6. The van der Waals surface area contributed by atoms with Crippen molar-refractivity contribution in [2.24, 2.45) is 39.7 Å². The summed E-state index contributed by atoms with van der Waals surface area (Å²) in [5.41, 5.74) is -0.603. The summed E-state index contributed by atoms with van der Waals surface area (Å²) in [6, 6.07) is 5.05. The normalized spacial score (nSPS) is 37.6. The number of aliphatic hydroxyl groups is 2. The van der Waals surface area contributed by atoms with E-state index in [-0.39, 0.29) is 44.6 Å². The number of ketones is 1. The predicted octanol–water partition coefficient (Wildman–Crippen LogP) is 5.18. The molecule has 5 heterocycles. The number of hydrogen-bond donors (Lipinski definition) is 2. The van der Waals surface area contributed by atoms with Gasteiger partial charge in [-0.3, -0.25) is 19.4 Å². The number of esters is 1. The highest BCUT2D eigenvalue weighted by molar-refractivity contribution is 6.00. The molecule has 60 heavy (non-hydrogen) atoms. The van der Waals surface area contributed by atoms with Crippen LogP contribution in [0.3, 0.4) is 0 Å². The van der Waals surface area contributed by atoms with Gasteiger partial charge in [-0.05, 0) is 91.8 Å². The van der Waals surface area contributed by atoms with Gasteiger partial charge in [-0.2, -0.15) is 0 Å². The van der Waals surface area contributed by atoms with Gasteiger partial charge >= 0.3 is 5.97 Å². The highest BCUT2D eigenvalue weighted by atomic mass is 16.7. The second-order valence-electron chi connectivity index (χ2n) is 17.7. The summed E-state index contributed by atoms with van der Waals surface area (Å²) < 4.78 is 31.3. The lowest BCUT2D eigenvalue weighted by atomic mass is 9.68. The molecular weight excluding hydrogens is 775 g/mol. The molecule has 2 bridgehead atoms. The number of oxime groups is 1. The largest absolute Gasteiger partial charge is 0.459 e. The van der Waals surface area contributed by atoms with Crippen molar-refractivity contribution < 1.29 is 52.9 Å². The monoisotopic (exact) mass is 839 g/mol. The van der Waals surface area contributed by atoms with Crippen LogP contribution in [-0.4, -0.2) is 123 Å². The first-order chi connectivity index (χ1) is 28.3. The zero-order valence-corrected chi connectivity index (χ0v) is 37.0. The standard InChI is InChI=1S/C44H65N5O11/c1-12-36-44(9,54)32-15-14-31(48-56-22-30-13-16-33(45-21-30)35-17-18-46-60-35)23-55-43(8,20-24(2)37(26(32)4)47-29(7)50)40(27(5)38(51)28(6)41(53)58-36)59-42-39(52)34(49(10)11)19-25(3)57-42/h13,16-18,21,24-28,32,34,36,39-40,42,52,54H,12,14-15,19-20,22-23H2,1-11H3/b47-37?,48-31+/t24-,25-,26-,27+,28?,32?,34?,36-,39-,40-,42+,43-,44+/m1/s1. The third-order valence-corrected chi connectivity index (χ3v) is 12.7. The number of Topliss-reactive ketones (excluding diaryl/α,β-unsaturated/α-hetero) is 1. The van der Waals surface area contributed by atoms with Crippen molar-refractivity contribution in [3.63, 3.8) is 0 Å². The lowest BCUT2D eigenvalue weighted by Crippen LogP contribution is -2.59. The SMILES string of the molecule is CC[C@H]1OC(=O)C(C)C(=O)[C@H](C)[C@@H](O[C@@H]2O[C@H](C)CC(N(C)C)[C@H]2O)[C@@]2(C)C[C@@H](C)C(=NC(C)=O)[C@H](C)C(CC/C(=N\OCc3ccc(-c4ccno4)nc3)CO2)[C@]1(C)O. The van der Waals surface area contributed by atoms with E-state index in [1.165, 1.54) is 13.8 Å². The van der Waals surface area contributed by atoms with E-state index in [0.29, 0.717) is 35.7 Å². The molecule has 3 unspecified atom stereocenters. The molecule has 16 heteroatoms. The van der Waals surface area contributed by atoms with E-state index in [9.17, 15) is 24.6 Å². The number of aliphatic hydroxyl groups excluding tert-OH is 1. The average Bonchev–Trinajstić information content (AvgIpc) is 3.74. The lowest BCUT2D eigenvalue weighted by Gasteiger charge is -2.47. The van der Waals surface area contributed by atoms with Gasteiger partial charge < -0.3 is 43.4 Å². The number of cyclic esters (lactones) is 1. The number of amides is 1. The van der Waals surface area contributed by atoms with Crippen LogP contribution in [0.5, 0.6) is 0 Å². The summed E-state index contributed by atoms with van der Waals surface area (Å²) in [6.07, 6.45) is 0.113. The van der Waals surface area contributed by atoms with E-state index in [4.69, 9.17) is 28.3 Å². The highest BCUT2D eigenvalue weighted by Gasteiger charge is 2.52. The molecule has 16 nitrogen and oxygen atoms in total. The van der Waals surface area contributed by atoms with E-state index in [0.717, 1.165) is 5.56 Å². The summed E-state index contributed by atoms with van der Waals surface area (Å²) >= 11 is 0. The minimum Gasteiger partial charge on any atom is -0.459 e. The van der Waals surface area contributed by atoms with E-state index in [1.54, 1.807) is 38.4 Å². The number of aliphatic imine (C=N–C) groups is 1. The Labute approximate surface area is 353 Å². The number of nitrogens with zero attached hydrogens (tertiary/aromatic N) is 5. The molecule has 0 aliphatic carbocycles. The Hall–Kier alpha value is -3.93. The topological polar surface area (TPSA) is 205 Å². The molecule has 3 aliphatic heterocycles. The number of likely N-dealkylation sites (N-methyl/N-ethyl adjacent to an activating group) is 1. The van der Waals surface area contributed by atoms with Gasteiger partial charge in [0.05, 0.1) is 36.3 Å². The maximum Gasteiger partial charge on any atom is 0.316 e. The second-order valence-corrected chi connectivity index (χ2v) is 17.7. The minimum atomic E-state index is -1.64. The Morgan fingerprint density at radius 2 is 1.82 bits per heavy atom. The molecule has 0 saturated carbocycles. The first kappa shape index (κ1) is 47.1. The zero-order valence-electron chi connectivity index (χ0n) is 37.0. The molecule has 2 aromatic heterocycles. The summed E-state index contributed by atoms with van der Waals surface area (Å²) in [6.45, 7) is 15.6. The molecule has 2 N–H and O–H groups in total. The molecule has 0 aromatic carbocycles. The molecule has 3 aliphatic rings. The molecule has 332 valence electrons. The van der Waals surface area contributed by atoms with Gasteiger partial charge in [0.15, 0.2) is 17.8 Å². The van der Waals surface area contributed by atoms with Gasteiger partial charge in [0, 0.05) is 48.3 Å². The van der Waals surface area contributed by atoms with Gasteiger partial charge in [-0.1, -0.05) is 44.1 Å². The van der Waals surface area contributed by atoms with Crippen LogP contribution in [0.25, 0.3) is 11.5 Å². The van der Waals surface area contributed by atoms with Crippen molar-refractivity contribution in [1.82, 2.24) is 15.0 Å². The van der Waals surface area contributed by atoms with Crippen LogP contribution in [0.15, 0.2) is 45.3 Å². The Balaban J connectivity index is 1.63. The van der Waals surface area contributed by atoms with Crippen LogP contribution < -0.4 is 0 Å². The highest BCUT2D eigenvalue weighted by Crippen LogP contribution is 2.42. The fourth-order valence-electron chi connectivity index (χ4n) is 9.33. The van der Waals surface area contributed by atoms with Gasteiger partial charge in [0.2, 0.25) is 5.91 Å². The third kappa shape index (κ3) is 10.7. The second kappa shape index (κ2) is 19.8. The number of pyridine rings is 1. The van der Waals surface area contributed by atoms with Gasteiger partial charge in [0.1, 0.15) is 36.0 Å². The number of carbonyl (C=O) groups is 3. The van der Waals surface area contributed by atoms with E-state index in [2.05, 4.69) is 20.3 Å². The number of fused-ring (bicyclic) bond motifs is 5. The Morgan fingerprint density at radius 3 is 2.43 bits per heavy atom. The predicted molar refractivity (Wildman–Crippen MR) is 222 cm³/mol. The molecule has 2 aromatic rings. The summed E-state index contributed by atoms with van der Waals surface area (Å²) in [5.74, 6) is -4.94. The van der Waals surface area contributed by atoms with Crippen molar-refractivity contribution >= 4 is 29.1 Å². The first-order valence-electron chi connectivity index (χ1n) is 21.2. The number of hydrogen-bond acceptors (Lipinski definition) is 15. The van der Waals surface area contributed by atoms with Crippen LogP contribution in [0.1, 0.15) is 100.0 Å². The number of ether oxygens (including phenoxy) is 4. The van der Waals surface area contributed by atoms with Crippen molar-refractivity contribution in [2.45, 2.75) is 149 Å². The lowest BCUT2D eigenvalue weighted by molar-refractivity contribution is -0.296. The van der Waals surface area contributed by atoms with Crippen LogP contribution in [0.4, 0.5) is 0 Å². The quantitative estimate of drug-likeness (QED) is 0.200.